The van der Waals surface area contributed by atoms with Crippen LogP contribution in [0.3, 0.4) is 0 Å². The second-order valence-electron chi connectivity index (χ2n) is 5.44. The largest absolute Gasteiger partial charge is 0.384 e. The number of rotatable bonds is 7. The molecule has 1 aliphatic rings. The van der Waals surface area contributed by atoms with Gasteiger partial charge in [-0.15, -0.1) is 0 Å². The van der Waals surface area contributed by atoms with E-state index in [0.29, 0.717) is 5.92 Å². The van der Waals surface area contributed by atoms with Crippen LogP contribution in [0.2, 0.25) is 5.02 Å². The summed E-state index contributed by atoms with van der Waals surface area (Å²) in [4.78, 5) is 4.35. The molecule has 0 spiro atoms. The SMILES string of the molecule is Clc1ccc2c(NCCCNCC3C=CC=C3)ccnc2c1. The van der Waals surface area contributed by atoms with Crippen LogP contribution in [-0.4, -0.2) is 24.6 Å². The highest BCUT2D eigenvalue weighted by molar-refractivity contribution is 6.31. The quantitative estimate of drug-likeness (QED) is 0.758. The van der Waals surface area contributed by atoms with E-state index in [1.807, 2.05) is 30.5 Å². The lowest BCUT2D eigenvalue weighted by Crippen LogP contribution is -2.23. The lowest BCUT2D eigenvalue weighted by molar-refractivity contribution is 0.618. The Morgan fingerprint density at radius 3 is 2.82 bits per heavy atom. The summed E-state index contributed by atoms with van der Waals surface area (Å²) in [6, 6.07) is 7.83. The smallest absolute Gasteiger partial charge is 0.0737 e. The van der Waals surface area contributed by atoms with Crippen LogP contribution in [0.5, 0.6) is 0 Å². The molecule has 1 heterocycles. The van der Waals surface area contributed by atoms with Gasteiger partial charge in [-0.3, -0.25) is 4.98 Å². The van der Waals surface area contributed by atoms with E-state index < -0.39 is 0 Å². The molecule has 1 aromatic carbocycles. The zero-order valence-corrected chi connectivity index (χ0v) is 13.2. The Labute approximate surface area is 136 Å². The van der Waals surface area contributed by atoms with Crippen molar-refractivity contribution in [3.63, 3.8) is 0 Å². The summed E-state index contributed by atoms with van der Waals surface area (Å²) in [5.74, 6) is 0.557. The Hall–Kier alpha value is -1.84. The number of allylic oxidation sites excluding steroid dienone is 2. The van der Waals surface area contributed by atoms with Crippen LogP contribution >= 0.6 is 11.6 Å². The fraction of sp³-hybridized carbons (Fsp3) is 0.278. The molecular weight excluding hydrogens is 294 g/mol. The van der Waals surface area contributed by atoms with Crippen molar-refractivity contribution in [3.8, 4) is 0 Å². The molecule has 1 aliphatic carbocycles. The summed E-state index contributed by atoms with van der Waals surface area (Å²) < 4.78 is 0. The molecule has 0 saturated carbocycles. The third kappa shape index (κ3) is 3.87. The second-order valence-corrected chi connectivity index (χ2v) is 5.87. The van der Waals surface area contributed by atoms with Crippen molar-refractivity contribution in [1.29, 1.82) is 0 Å². The number of anilines is 1. The Balaban J connectivity index is 1.45. The predicted molar refractivity (Wildman–Crippen MR) is 94.5 cm³/mol. The van der Waals surface area contributed by atoms with E-state index in [-0.39, 0.29) is 0 Å². The summed E-state index contributed by atoms with van der Waals surface area (Å²) in [5.41, 5.74) is 2.04. The van der Waals surface area contributed by atoms with Crippen LogP contribution in [0.15, 0.2) is 54.8 Å². The first-order valence-electron chi connectivity index (χ1n) is 7.67. The molecule has 22 heavy (non-hydrogen) atoms. The molecule has 4 heteroatoms. The Morgan fingerprint density at radius 1 is 1.09 bits per heavy atom. The lowest BCUT2D eigenvalue weighted by atomic mass is 10.2. The minimum absolute atomic E-state index is 0.557. The first-order chi connectivity index (χ1) is 10.8. The number of aromatic nitrogens is 1. The van der Waals surface area contributed by atoms with Gasteiger partial charge < -0.3 is 10.6 Å². The topological polar surface area (TPSA) is 37.0 Å². The molecule has 0 bridgehead atoms. The van der Waals surface area contributed by atoms with Crippen molar-refractivity contribution in [2.75, 3.05) is 25.0 Å². The molecule has 0 fully saturated rings. The number of pyridine rings is 1. The maximum Gasteiger partial charge on any atom is 0.0737 e. The molecule has 0 unspecified atom stereocenters. The van der Waals surface area contributed by atoms with E-state index in [0.717, 1.165) is 47.7 Å². The molecule has 0 saturated heterocycles. The van der Waals surface area contributed by atoms with Gasteiger partial charge in [-0.1, -0.05) is 35.9 Å². The van der Waals surface area contributed by atoms with Crippen LogP contribution in [0.1, 0.15) is 6.42 Å². The maximum atomic E-state index is 6.01. The summed E-state index contributed by atoms with van der Waals surface area (Å²) in [7, 11) is 0. The van der Waals surface area contributed by atoms with Crippen molar-refractivity contribution >= 4 is 28.2 Å². The molecule has 3 rings (SSSR count). The average molecular weight is 314 g/mol. The first kappa shape index (κ1) is 15.1. The van der Waals surface area contributed by atoms with Gasteiger partial charge in [0, 0.05) is 41.3 Å². The highest BCUT2D eigenvalue weighted by atomic mass is 35.5. The van der Waals surface area contributed by atoms with Crippen LogP contribution in [0, 0.1) is 5.92 Å². The van der Waals surface area contributed by atoms with Gasteiger partial charge in [0.1, 0.15) is 0 Å². The number of nitrogens with one attached hydrogen (secondary N) is 2. The van der Waals surface area contributed by atoms with Crippen molar-refractivity contribution < 1.29 is 0 Å². The third-order valence-electron chi connectivity index (χ3n) is 3.76. The molecule has 0 atom stereocenters. The zero-order chi connectivity index (χ0) is 15.2. The summed E-state index contributed by atoms with van der Waals surface area (Å²) in [5, 5.41) is 8.80. The van der Waals surface area contributed by atoms with Gasteiger partial charge in [-0.05, 0) is 37.2 Å². The predicted octanol–water partition coefficient (Wildman–Crippen LogP) is 4.02. The monoisotopic (exact) mass is 313 g/mol. The number of fused-ring (bicyclic) bond motifs is 1. The van der Waals surface area contributed by atoms with E-state index >= 15 is 0 Å². The number of hydrogen-bond donors (Lipinski definition) is 2. The normalized spacial score (nSPS) is 14.0. The zero-order valence-electron chi connectivity index (χ0n) is 12.4. The van der Waals surface area contributed by atoms with E-state index in [9.17, 15) is 0 Å². The van der Waals surface area contributed by atoms with Crippen molar-refractivity contribution in [2.24, 2.45) is 5.92 Å². The van der Waals surface area contributed by atoms with E-state index in [1.165, 1.54) is 0 Å². The Morgan fingerprint density at radius 2 is 1.95 bits per heavy atom. The molecule has 0 amide bonds. The highest BCUT2D eigenvalue weighted by Crippen LogP contribution is 2.24. The van der Waals surface area contributed by atoms with Crippen LogP contribution in [0.25, 0.3) is 10.9 Å². The maximum absolute atomic E-state index is 6.01. The number of halogens is 1. The Bertz CT molecular complexity index is 682. The molecule has 2 N–H and O–H groups in total. The van der Waals surface area contributed by atoms with Gasteiger partial charge in [0.25, 0.3) is 0 Å². The second kappa shape index (κ2) is 7.43. The van der Waals surface area contributed by atoms with Gasteiger partial charge in [-0.2, -0.15) is 0 Å². The third-order valence-corrected chi connectivity index (χ3v) is 3.99. The fourth-order valence-electron chi connectivity index (χ4n) is 2.59. The minimum Gasteiger partial charge on any atom is -0.384 e. The van der Waals surface area contributed by atoms with Gasteiger partial charge in [0.2, 0.25) is 0 Å². The van der Waals surface area contributed by atoms with E-state index in [2.05, 4.69) is 39.9 Å². The summed E-state index contributed by atoms with van der Waals surface area (Å²) >= 11 is 6.01. The van der Waals surface area contributed by atoms with Gasteiger partial charge in [-0.25, -0.2) is 0 Å². The average Bonchev–Trinajstić information content (AvgIpc) is 3.03. The van der Waals surface area contributed by atoms with E-state index in [1.54, 1.807) is 0 Å². The Kier molecular flexibility index (Phi) is 5.09. The van der Waals surface area contributed by atoms with Gasteiger partial charge in [0.05, 0.1) is 5.52 Å². The summed E-state index contributed by atoms with van der Waals surface area (Å²) in [6.45, 7) is 2.97. The summed E-state index contributed by atoms with van der Waals surface area (Å²) in [6.07, 6.45) is 11.6. The molecular formula is C18H20ClN3. The molecule has 0 aliphatic heterocycles. The van der Waals surface area contributed by atoms with Crippen molar-refractivity contribution in [3.05, 3.63) is 59.8 Å². The number of nitrogens with zero attached hydrogens (tertiary/aromatic N) is 1. The molecule has 1 aromatic heterocycles. The molecule has 114 valence electrons. The first-order valence-corrected chi connectivity index (χ1v) is 8.04. The van der Waals surface area contributed by atoms with Crippen LogP contribution < -0.4 is 10.6 Å². The van der Waals surface area contributed by atoms with E-state index in [4.69, 9.17) is 11.6 Å². The van der Waals surface area contributed by atoms with Gasteiger partial charge >= 0.3 is 0 Å². The molecule has 0 radical (unpaired) electrons. The lowest BCUT2D eigenvalue weighted by Gasteiger charge is -2.11. The number of hydrogen-bond acceptors (Lipinski definition) is 3. The van der Waals surface area contributed by atoms with Crippen LogP contribution in [-0.2, 0) is 0 Å². The molecule has 3 nitrogen and oxygen atoms in total. The standard InChI is InChI=1S/C18H20ClN3/c19-15-6-7-16-17(8-11-22-18(16)12-15)21-10-3-9-20-13-14-4-1-2-5-14/h1-2,4-8,11-12,14,20H,3,9-10,13H2,(H,21,22). The van der Waals surface area contributed by atoms with Crippen LogP contribution in [0.4, 0.5) is 5.69 Å². The minimum atomic E-state index is 0.557. The van der Waals surface area contributed by atoms with Gasteiger partial charge in [0.15, 0.2) is 0 Å². The highest BCUT2D eigenvalue weighted by Gasteiger charge is 2.03. The number of benzene rings is 1. The van der Waals surface area contributed by atoms with Crippen molar-refractivity contribution in [2.45, 2.75) is 6.42 Å². The van der Waals surface area contributed by atoms with Crippen molar-refractivity contribution in [1.82, 2.24) is 10.3 Å². The fourth-order valence-corrected chi connectivity index (χ4v) is 2.76. The molecule has 2 aromatic rings.